The lowest BCUT2D eigenvalue weighted by atomic mass is 9.66. The number of nitrogens with zero attached hydrogens (tertiary/aromatic N) is 1. The van der Waals surface area contributed by atoms with E-state index in [0.29, 0.717) is 19.4 Å². The smallest absolute Gasteiger partial charge is 0.310 e. The first kappa shape index (κ1) is 15.5. The summed E-state index contributed by atoms with van der Waals surface area (Å²) in [4.78, 5) is 25.5. The van der Waals surface area contributed by atoms with Crippen LogP contribution in [0.4, 0.5) is 0 Å². The van der Waals surface area contributed by atoms with Crippen LogP contribution in [0, 0.1) is 5.41 Å². The molecule has 2 aromatic carbocycles. The molecule has 0 radical (unpaired) electrons. The number of fused-ring (bicyclic) bond motifs is 1. The van der Waals surface area contributed by atoms with Crippen LogP contribution in [-0.2, 0) is 16.1 Å². The van der Waals surface area contributed by atoms with Gasteiger partial charge >= 0.3 is 5.97 Å². The van der Waals surface area contributed by atoms with E-state index in [9.17, 15) is 14.7 Å². The van der Waals surface area contributed by atoms with Crippen molar-refractivity contribution in [1.82, 2.24) is 4.90 Å². The Kier molecular flexibility index (Phi) is 4.07. The minimum atomic E-state index is -0.837. The Morgan fingerprint density at radius 3 is 2.48 bits per heavy atom. The molecule has 0 heterocycles. The Labute approximate surface area is 135 Å². The molecule has 0 spiro atoms. The second-order valence-corrected chi connectivity index (χ2v) is 6.50. The molecule has 120 valence electrons. The third kappa shape index (κ3) is 2.93. The first-order chi connectivity index (χ1) is 11.0. The van der Waals surface area contributed by atoms with Crippen LogP contribution in [0.15, 0.2) is 42.5 Å². The minimum absolute atomic E-state index is 0.0972. The number of aliphatic carboxylic acids is 1. The summed E-state index contributed by atoms with van der Waals surface area (Å²) in [5, 5.41) is 11.7. The molecule has 0 aliphatic heterocycles. The Hall–Kier alpha value is -2.36. The van der Waals surface area contributed by atoms with E-state index in [1.165, 1.54) is 0 Å². The average molecular weight is 311 g/mol. The van der Waals surface area contributed by atoms with Gasteiger partial charge in [-0.2, -0.15) is 0 Å². The molecule has 0 bridgehead atoms. The van der Waals surface area contributed by atoms with Gasteiger partial charge in [-0.1, -0.05) is 48.9 Å². The van der Waals surface area contributed by atoms with E-state index in [0.717, 1.165) is 22.8 Å². The molecule has 0 atom stereocenters. The quantitative estimate of drug-likeness (QED) is 0.920. The molecule has 23 heavy (non-hydrogen) atoms. The van der Waals surface area contributed by atoms with Crippen molar-refractivity contribution in [2.24, 2.45) is 5.41 Å². The summed E-state index contributed by atoms with van der Waals surface area (Å²) >= 11 is 0. The van der Waals surface area contributed by atoms with E-state index >= 15 is 0 Å². The largest absolute Gasteiger partial charge is 0.481 e. The maximum absolute atomic E-state index is 12.5. The number of carbonyl (C=O) groups is 2. The number of hydrogen-bond donors (Lipinski definition) is 1. The van der Waals surface area contributed by atoms with E-state index in [4.69, 9.17) is 0 Å². The van der Waals surface area contributed by atoms with Crippen LogP contribution in [-0.4, -0.2) is 28.9 Å². The van der Waals surface area contributed by atoms with Crippen molar-refractivity contribution in [3.63, 3.8) is 0 Å². The summed E-state index contributed by atoms with van der Waals surface area (Å²) < 4.78 is 0. The third-order valence-electron chi connectivity index (χ3n) is 4.97. The van der Waals surface area contributed by atoms with Crippen LogP contribution in [0.3, 0.4) is 0 Å². The maximum Gasteiger partial charge on any atom is 0.310 e. The molecule has 0 saturated heterocycles. The topological polar surface area (TPSA) is 57.6 Å². The molecule has 1 N–H and O–H groups in total. The van der Waals surface area contributed by atoms with Gasteiger partial charge in [-0.15, -0.1) is 0 Å². The predicted molar refractivity (Wildman–Crippen MR) is 89.0 cm³/mol. The Morgan fingerprint density at radius 2 is 1.83 bits per heavy atom. The molecule has 0 unspecified atom stereocenters. The van der Waals surface area contributed by atoms with Crippen LogP contribution in [0.1, 0.15) is 31.2 Å². The monoisotopic (exact) mass is 311 g/mol. The molecule has 1 fully saturated rings. The fourth-order valence-electron chi connectivity index (χ4n) is 3.27. The van der Waals surface area contributed by atoms with E-state index in [2.05, 4.69) is 12.1 Å². The van der Waals surface area contributed by atoms with Crippen molar-refractivity contribution in [2.75, 3.05) is 7.05 Å². The molecule has 1 amide bonds. The lowest BCUT2D eigenvalue weighted by Crippen LogP contribution is -2.42. The highest BCUT2D eigenvalue weighted by Crippen LogP contribution is 2.44. The zero-order valence-corrected chi connectivity index (χ0v) is 13.3. The number of benzene rings is 2. The van der Waals surface area contributed by atoms with Crippen LogP contribution in [0.2, 0.25) is 0 Å². The first-order valence-electron chi connectivity index (χ1n) is 7.96. The van der Waals surface area contributed by atoms with Gasteiger partial charge < -0.3 is 10.0 Å². The Morgan fingerprint density at radius 1 is 1.13 bits per heavy atom. The second-order valence-electron chi connectivity index (χ2n) is 6.50. The van der Waals surface area contributed by atoms with Gasteiger partial charge in [-0.3, -0.25) is 9.59 Å². The average Bonchev–Trinajstić information content (AvgIpc) is 2.50. The predicted octanol–water partition coefficient (Wildman–Crippen LogP) is 3.44. The number of rotatable bonds is 5. The zero-order chi connectivity index (χ0) is 16.4. The Balaban J connectivity index is 1.74. The fraction of sp³-hybridized carbons (Fsp3) is 0.368. The van der Waals surface area contributed by atoms with Gasteiger partial charge in [-0.25, -0.2) is 0 Å². The summed E-state index contributed by atoms with van der Waals surface area (Å²) in [5.74, 6) is -0.935. The molecule has 2 aromatic rings. The second kappa shape index (κ2) is 6.03. The van der Waals surface area contributed by atoms with E-state index in [1.54, 1.807) is 11.9 Å². The molecular weight excluding hydrogens is 290 g/mol. The molecule has 0 aromatic heterocycles. The highest BCUT2D eigenvalue weighted by molar-refractivity contribution is 5.87. The Bertz CT molecular complexity index is 744. The summed E-state index contributed by atoms with van der Waals surface area (Å²) in [6.45, 7) is 0.496. The van der Waals surface area contributed by atoms with Gasteiger partial charge in [-0.05, 0) is 29.2 Å². The van der Waals surface area contributed by atoms with Gasteiger partial charge in [0.1, 0.15) is 0 Å². The SMILES string of the molecule is CN(Cc1cccc2ccccc12)C(=O)CC1(C(=O)O)CCC1. The molecule has 3 rings (SSSR count). The number of hydrogen-bond acceptors (Lipinski definition) is 2. The molecule has 1 aliphatic carbocycles. The number of carboxylic acid groups (broad SMARTS) is 1. The van der Waals surface area contributed by atoms with Crippen molar-refractivity contribution in [2.45, 2.75) is 32.2 Å². The molecule has 4 heteroatoms. The van der Waals surface area contributed by atoms with Crippen molar-refractivity contribution in [3.8, 4) is 0 Å². The minimum Gasteiger partial charge on any atom is -0.481 e. The van der Waals surface area contributed by atoms with Gasteiger partial charge in [0, 0.05) is 20.0 Å². The summed E-state index contributed by atoms with van der Waals surface area (Å²) in [6.07, 6.45) is 2.21. The highest BCUT2D eigenvalue weighted by atomic mass is 16.4. The van der Waals surface area contributed by atoms with Gasteiger partial charge in [0.15, 0.2) is 0 Å². The molecule has 4 nitrogen and oxygen atoms in total. The number of carbonyl (C=O) groups excluding carboxylic acids is 1. The van der Waals surface area contributed by atoms with Crippen molar-refractivity contribution >= 4 is 22.6 Å². The van der Waals surface area contributed by atoms with Crippen LogP contribution in [0.25, 0.3) is 10.8 Å². The molecule has 1 saturated carbocycles. The summed E-state index contributed by atoms with van der Waals surface area (Å²) in [6, 6.07) is 14.1. The molecular formula is C19H21NO3. The van der Waals surface area contributed by atoms with Crippen LogP contribution >= 0.6 is 0 Å². The van der Waals surface area contributed by atoms with Gasteiger partial charge in [0.2, 0.25) is 5.91 Å². The van der Waals surface area contributed by atoms with Crippen LogP contribution < -0.4 is 0 Å². The normalized spacial score (nSPS) is 15.9. The van der Waals surface area contributed by atoms with Gasteiger partial charge in [0.05, 0.1) is 5.41 Å². The van der Waals surface area contributed by atoms with E-state index in [1.807, 2.05) is 30.3 Å². The van der Waals surface area contributed by atoms with E-state index in [-0.39, 0.29) is 12.3 Å². The number of amides is 1. The van der Waals surface area contributed by atoms with Crippen molar-refractivity contribution in [1.29, 1.82) is 0 Å². The molecule has 1 aliphatic rings. The first-order valence-corrected chi connectivity index (χ1v) is 7.96. The maximum atomic E-state index is 12.5. The number of carboxylic acids is 1. The van der Waals surface area contributed by atoms with Crippen molar-refractivity contribution < 1.29 is 14.7 Å². The highest BCUT2D eigenvalue weighted by Gasteiger charge is 2.46. The summed E-state index contributed by atoms with van der Waals surface area (Å²) in [5.41, 5.74) is 0.251. The lowest BCUT2D eigenvalue weighted by molar-refractivity contribution is -0.159. The van der Waals surface area contributed by atoms with Gasteiger partial charge in [0.25, 0.3) is 0 Å². The fourth-order valence-corrected chi connectivity index (χ4v) is 3.27. The summed E-state index contributed by atoms with van der Waals surface area (Å²) in [7, 11) is 1.75. The van der Waals surface area contributed by atoms with E-state index < -0.39 is 11.4 Å². The standard InChI is InChI=1S/C19H21NO3/c1-20(17(21)12-19(18(22)23)10-5-11-19)13-15-8-4-7-14-6-2-3-9-16(14)15/h2-4,6-9H,5,10-13H2,1H3,(H,22,23). The third-order valence-corrected chi connectivity index (χ3v) is 4.97. The van der Waals surface area contributed by atoms with Crippen LogP contribution in [0.5, 0.6) is 0 Å². The lowest BCUT2D eigenvalue weighted by Gasteiger charge is -2.38. The zero-order valence-electron chi connectivity index (χ0n) is 13.3. The van der Waals surface area contributed by atoms with Crippen molar-refractivity contribution in [3.05, 3.63) is 48.0 Å².